The lowest BCUT2D eigenvalue weighted by Crippen LogP contribution is -2.51. The van der Waals surface area contributed by atoms with Gasteiger partial charge in [0.1, 0.15) is 5.82 Å². The highest BCUT2D eigenvalue weighted by Gasteiger charge is 2.24. The highest BCUT2D eigenvalue weighted by Crippen LogP contribution is 2.08. The molecule has 0 bridgehead atoms. The van der Waals surface area contributed by atoms with E-state index < -0.39 is 0 Å². The van der Waals surface area contributed by atoms with Crippen molar-refractivity contribution in [2.75, 3.05) is 40.3 Å². The predicted octanol–water partition coefficient (Wildman–Crippen LogP) is 1.60. The van der Waals surface area contributed by atoms with E-state index in [9.17, 15) is 4.79 Å². The van der Waals surface area contributed by atoms with E-state index >= 15 is 0 Å². The van der Waals surface area contributed by atoms with E-state index in [0.29, 0.717) is 26.2 Å². The van der Waals surface area contributed by atoms with Gasteiger partial charge in [0.2, 0.25) is 0 Å². The second-order valence-corrected chi connectivity index (χ2v) is 7.13. The fourth-order valence-electron chi connectivity index (χ4n) is 3.29. The van der Waals surface area contributed by atoms with E-state index in [-0.39, 0.29) is 12.1 Å². The lowest BCUT2D eigenvalue weighted by atomic mass is 10.1. The van der Waals surface area contributed by atoms with E-state index in [1.54, 1.807) is 6.20 Å². The maximum Gasteiger partial charge on any atom is 0.317 e. The number of benzene rings is 1. The van der Waals surface area contributed by atoms with Crippen LogP contribution in [0, 0.1) is 0 Å². The summed E-state index contributed by atoms with van der Waals surface area (Å²) in [5, 5.41) is 3.00. The van der Waals surface area contributed by atoms with Crippen molar-refractivity contribution in [3.05, 3.63) is 54.1 Å². The number of carbonyl (C=O) groups excluding carboxylic acids is 1. The van der Waals surface area contributed by atoms with Crippen LogP contribution in [0.1, 0.15) is 11.4 Å². The Hall–Kier alpha value is -2.38. The molecule has 2 heterocycles. The summed E-state index contributed by atoms with van der Waals surface area (Å²) >= 11 is 0. The number of rotatable bonds is 7. The van der Waals surface area contributed by atoms with Crippen LogP contribution in [0.3, 0.4) is 0 Å². The van der Waals surface area contributed by atoms with Crippen molar-refractivity contribution in [1.29, 1.82) is 0 Å². The third-order valence-electron chi connectivity index (χ3n) is 4.68. The van der Waals surface area contributed by atoms with Gasteiger partial charge in [-0.15, -0.1) is 0 Å². The zero-order chi connectivity index (χ0) is 19.1. The quantitative estimate of drug-likeness (QED) is 0.803. The lowest BCUT2D eigenvalue weighted by Gasteiger charge is -2.34. The molecule has 7 heteroatoms. The van der Waals surface area contributed by atoms with Crippen LogP contribution in [0.15, 0.2) is 42.7 Å². The molecular weight excluding hydrogens is 342 g/mol. The van der Waals surface area contributed by atoms with Crippen LogP contribution in [0.4, 0.5) is 4.79 Å². The molecule has 0 spiro atoms. The smallest absolute Gasteiger partial charge is 0.317 e. The highest BCUT2D eigenvalue weighted by molar-refractivity contribution is 5.74. The summed E-state index contributed by atoms with van der Waals surface area (Å²) in [5.74, 6) is 0.873. The van der Waals surface area contributed by atoms with Crippen LogP contribution < -0.4 is 5.32 Å². The number of morpholine rings is 1. The maximum absolute atomic E-state index is 12.5. The van der Waals surface area contributed by atoms with Gasteiger partial charge < -0.3 is 24.4 Å². The Labute approximate surface area is 160 Å². The Morgan fingerprint density at radius 2 is 2.15 bits per heavy atom. The summed E-state index contributed by atoms with van der Waals surface area (Å²) in [6.45, 7) is 3.91. The number of imidazole rings is 1. The Morgan fingerprint density at radius 3 is 2.93 bits per heavy atom. The first-order chi connectivity index (χ1) is 13.1. The second kappa shape index (κ2) is 9.53. The molecule has 7 nitrogen and oxygen atoms in total. The van der Waals surface area contributed by atoms with Gasteiger partial charge in [-0.1, -0.05) is 30.3 Å². The molecule has 1 aromatic heterocycles. The summed E-state index contributed by atoms with van der Waals surface area (Å²) < 4.78 is 7.83. The molecule has 0 saturated carbocycles. The van der Waals surface area contributed by atoms with Gasteiger partial charge in [0.05, 0.1) is 19.3 Å². The molecule has 2 amide bonds. The van der Waals surface area contributed by atoms with Gasteiger partial charge in [0.25, 0.3) is 0 Å². The van der Waals surface area contributed by atoms with Crippen LogP contribution in [-0.2, 0) is 24.2 Å². The number of nitrogens with zero attached hydrogens (tertiary/aromatic N) is 4. The topological polar surface area (TPSA) is 62.6 Å². The molecule has 3 rings (SSSR count). The van der Waals surface area contributed by atoms with Crippen LogP contribution >= 0.6 is 0 Å². The minimum Gasteiger partial charge on any atom is -0.373 e. The van der Waals surface area contributed by atoms with Gasteiger partial charge in [-0.3, -0.25) is 0 Å². The van der Waals surface area contributed by atoms with E-state index in [4.69, 9.17) is 4.74 Å². The highest BCUT2D eigenvalue weighted by atomic mass is 16.5. The molecular formula is C20H29N5O2. The number of ether oxygens (including phenoxy) is 1. The molecule has 1 unspecified atom stereocenters. The number of hydrogen-bond donors (Lipinski definition) is 1. The summed E-state index contributed by atoms with van der Waals surface area (Å²) in [5.41, 5.74) is 1.29. The van der Waals surface area contributed by atoms with Gasteiger partial charge in [-0.2, -0.15) is 0 Å². The summed E-state index contributed by atoms with van der Waals surface area (Å²) in [6.07, 6.45) is 4.75. The molecule has 146 valence electrons. The number of amides is 2. The normalized spacial score (nSPS) is 17.3. The summed E-state index contributed by atoms with van der Waals surface area (Å²) in [4.78, 5) is 20.8. The van der Waals surface area contributed by atoms with Gasteiger partial charge >= 0.3 is 6.03 Å². The molecule has 2 aromatic rings. The van der Waals surface area contributed by atoms with Crippen LogP contribution in [0.5, 0.6) is 0 Å². The third kappa shape index (κ3) is 5.80. The minimum absolute atomic E-state index is 0.0559. The van der Waals surface area contributed by atoms with E-state index in [1.165, 1.54) is 5.56 Å². The Morgan fingerprint density at radius 1 is 1.33 bits per heavy atom. The average molecular weight is 371 g/mol. The molecule has 1 aromatic carbocycles. The van der Waals surface area contributed by atoms with E-state index in [0.717, 1.165) is 25.3 Å². The van der Waals surface area contributed by atoms with Crippen molar-refractivity contribution < 1.29 is 9.53 Å². The standard InChI is InChI=1S/C20H29N5O2/c1-23(2)15-18-16-25(12-13-27-18)20(26)22-14-19-21-9-11-24(19)10-8-17-6-4-3-5-7-17/h3-7,9,11,18H,8,10,12-16H2,1-2H3,(H,22,26). The molecule has 1 N–H and O–H groups in total. The van der Waals surface area contributed by atoms with Crippen molar-refractivity contribution in [2.45, 2.75) is 25.6 Å². The van der Waals surface area contributed by atoms with Crippen LogP contribution in [0.2, 0.25) is 0 Å². The fourth-order valence-corrected chi connectivity index (χ4v) is 3.29. The molecule has 1 atom stereocenters. The molecule has 1 aliphatic heterocycles. The average Bonchev–Trinajstić information content (AvgIpc) is 3.12. The fraction of sp³-hybridized carbons (Fsp3) is 0.500. The van der Waals surface area contributed by atoms with Gasteiger partial charge in [-0.25, -0.2) is 9.78 Å². The molecule has 1 fully saturated rings. The predicted molar refractivity (Wildman–Crippen MR) is 104 cm³/mol. The van der Waals surface area contributed by atoms with Crippen molar-refractivity contribution in [2.24, 2.45) is 0 Å². The van der Waals surface area contributed by atoms with Crippen molar-refractivity contribution >= 4 is 6.03 Å². The zero-order valence-corrected chi connectivity index (χ0v) is 16.2. The first-order valence-electron chi connectivity index (χ1n) is 9.45. The van der Waals surface area contributed by atoms with Crippen LogP contribution in [0.25, 0.3) is 0 Å². The Kier molecular flexibility index (Phi) is 6.84. The number of urea groups is 1. The Balaban J connectivity index is 1.48. The molecule has 1 aliphatic rings. The van der Waals surface area contributed by atoms with Gasteiger partial charge in [-0.05, 0) is 26.1 Å². The minimum atomic E-state index is -0.0559. The Bertz CT molecular complexity index is 716. The lowest BCUT2D eigenvalue weighted by molar-refractivity contribution is -0.0246. The number of likely N-dealkylation sites (N-methyl/N-ethyl adjacent to an activating group) is 1. The number of aromatic nitrogens is 2. The van der Waals surface area contributed by atoms with Crippen molar-refractivity contribution in [1.82, 2.24) is 24.7 Å². The molecule has 1 saturated heterocycles. The zero-order valence-electron chi connectivity index (χ0n) is 16.2. The maximum atomic E-state index is 12.5. The molecule has 0 radical (unpaired) electrons. The summed E-state index contributed by atoms with van der Waals surface area (Å²) in [7, 11) is 4.02. The second-order valence-electron chi connectivity index (χ2n) is 7.13. The first kappa shape index (κ1) is 19.4. The van der Waals surface area contributed by atoms with Crippen molar-refractivity contribution in [3.8, 4) is 0 Å². The molecule has 27 heavy (non-hydrogen) atoms. The van der Waals surface area contributed by atoms with E-state index in [1.807, 2.05) is 31.3 Å². The third-order valence-corrected chi connectivity index (χ3v) is 4.68. The number of hydrogen-bond acceptors (Lipinski definition) is 4. The molecule has 0 aliphatic carbocycles. The first-order valence-corrected chi connectivity index (χ1v) is 9.45. The summed E-state index contributed by atoms with van der Waals surface area (Å²) in [6, 6.07) is 10.3. The number of nitrogens with one attached hydrogen (secondary N) is 1. The van der Waals surface area contributed by atoms with E-state index in [2.05, 4.69) is 44.0 Å². The SMILES string of the molecule is CN(C)CC1CN(C(=O)NCc2nccn2CCc2ccccc2)CCO1. The monoisotopic (exact) mass is 371 g/mol. The largest absolute Gasteiger partial charge is 0.373 e. The number of aryl methyl sites for hydroxylation is 2. The number of carbonyl (C=O) groups is 1. The van der Waals surface area contributed by atoms with Gasteiger partial charge in [0, 0.05) is 38.6 Å². The van der Waals surface area contributed by atoms with Gasteiger partial charge in [0.15, 0.2) is 0 Å². The van der Waals surface area contributed by atoms with Crippen LogP contribution in [-0.4, -0.2) is 71.8 Å². The van der Waals surface area contributed by atoms with Crippen molar-refractivity contribution in [3.63, 3.8) is 0 Å².